The van der Waals surface area contributed by atoms with Crippen LogP contribution in [0.3, 0.4) is 0 Å². The molecule has 0 unspecified atom stereocenters. The van der Waals surface area contributed by atoms with Gasteiger partial charge in [-0.25, -0.2) is 0 Å². The maximum atomic E-state index is 5.99. The molecule has 4 saturated heterocycles. The lowest BCUT2D eigenvalue weighted by atomic mass is 9.35. The Morgan fingerprint density at radius 2 is 0.846 bits per heavy atom. The van der Waals surface area contributed by atoms with Crippen LogP contribution in [0, 0.1) is 21.7 Å². The van der Waals surface area contributed by atoms with E-state index in [0.29, 0.717) is 24.2 Å². The zero-order valence-electron chi connectivity index (χ0n) is 34.4. The van der Waals surface area contributed by atoms with Gasteiger partial charge in [0.25, 0.3) is 0 Å². The number of nitrogens with zero attached hydrogens (tertiary/aromatic N) is 4. The largest absolute Gasteiger partial charge is 0.379 e. The molecule has 0 N–H and O–H groups in total. The van der Waals surface area contributed by atoms with Gasteiger partial charge in [0, 0.05) is 87.4 Å². The van der Waals surface area contributed by atoms with E-state index in [1.54, 1.807) is 0 Å². The van der Waals surface area contributed by atoms with Gasteiger partial charge in [0.1, 0.15) is 0 Å². The minimum absolute atomic E-state index is 0.124. The SMILES string of the molecule is CC(C)(C)c1ccc(CN2[C@H]3C[C@H]4N(Cc5ccc(C(C)(C)C)cc5)[C@H]5C[C@@H]2C(C)(C)[C@@]3(CN2CCOCC2)[C@@]5(CN2CCOCC2)C4(C)C)cc1. The average Bonchev–Trinajstić information content (AvgIpc) is 3.28. The van der Waals surface area contributed by atoms with Gasteiger partial charge in [0.2, 0.25) is 0 Å². The lowest BCUT2D eigenvalue weighted by molar-refractivity contribution is -0.201. The van der Waals surface area contributed by atoms with Crippen LogP contribution in [0.5, 0.6) is 0 Å². The number of benzene rings is 2. The summed E-state index contributed by atoms with van der Waals surface area (Å²) in [6.45, 7) is 37.0. The topological polar surface area (TPSA) is 31.4 Å². The Morgan fingerprint density at radius 3 is 1.15 bits per heavy atom. The van der Waals surface area contributed by atoms with E-state index in [1.807, 2.05) is 0 Å². The van der Waals surface area contributed by atoms with Crippen molar-refractivity contribution in [1.29, 1.82) is 0 Å². The molecule has 4 heterocycles. The Balaban J connectivity index is 1.26. The summed E-state index contributed by atoms with van der Waals surface area (Å²) in [5, 5.41) is 0. The second-order valence-electron chi connectivity index (χ2n) is 20.9. The summed E-state index contributed by atoms with van der Waals surface area (Å²) in [6.07, 6.45) is 2.50. The first-order valence-electron chi connectivity index (χ1n) is 20.8. The lowest BCUT2D eigenvalue weighted by Crippen LogP contribution is -2.75. The fourth-order valence-corrected chi connectivity index (χ4v) is 13.2. The molecule has 4 bridgehead atoms. The Morgan fingerprint density at radius 1 is 0.519 bits per heavy atom. The molecule has 6 heteroatoms. The number of hydrogen-bond acceptors (Lipinski definition) is 6. The molecule has 6 nitrogen and oxygen atoms in total. The molecule has 6 atom stereocenters. The minimum Gasteiger partial charge on any atom is -0.379 e. The third-order valence-electron chi connectivity index (χ3n) is 15.9. The maximum absolute atomic E-state index is 5.99. The van der Waals surface area contributed by atoms with Crippen LogP contribution in [0.15, 0.2) is 48.5 Å². The van der Waals surface area contributed by atoms with E-state index >= 15 is 0 Å². The summed E-state index contributed by atoms with van der Waals surface area (Å²) in [4.78, 5) is 11.8. The molecule has 2 aliphatic carbocycles. The highest BCUT2D eigenvalue weighted by Gasteiger charge is 2.85. The first-order valence-corrected chi connectivity index (χ1v) is 20.8. The molecule has 2 aromatic carbocycles. The molecule has 0 amide bonds. The molecule has 0 spiro atoms. The highest BCUT2D eigenvalue weighted by molar-refractivity contribution is 5.39. The van der Waals surface area contributed by atoms with E-state index in [4.69, 9.17) is 9.47 Å². The third-order valence-corrected chi connectivity index (χ3v) is 15.9. The highest BCUT2D eigenvalue weighted by Crippen LogP contribution is 2.80. The number of rotatable bonds is 8. The van der Waals surface area contributed by atoms with Crippen LogP contribution >= 0.6 is 0 Å². The van der Waals surface area contributed by atoms with Gasteiger partial charge in [-0.05, 0) is 56.8 Å². The molecular formula is C46H70N4O2. The van der Waals surface area contributed by atoms with E-state index in [9.17, 15) is 0 Å². The predicted molar refractivity (Wildman–Crippen MR) is 213 cm³/mol. The zero-order chi connectivity index (χ0) is 36.9. The first kappa shape index (κ1) is 37.1. The molecule has 52 heavy (non-hydrogen) atoms. The second kappa shape index (κ2) is 12.9. The standard InChI is InChI=1S/C46H70N4O2/c1-41(2,3)35-15-11-33(12-16-35)29-49-37-27-40-46(32-48-21-25-52-26-22-48)44(9,10)38(50(40)30-34-13-17-36(18-14-34)42(4,5)6)28-39(49)45(46,43(37,7)8)31-47-19-23-51-24-20-47/h11-18,37-40H,19-32H2,1-10H3/t37-,38-,39+,40+,45-,46+/m1/s1. The Labute approximate surface area is 316 Å². The van der Waals surface area contributed by atoms with Gasteiger partial charge in [-0.15, -0.1) is 0 Å². The molecule has 0 aromatic heterocycles. The average molecular weight is 711 g/mol. The van der Waals surface area contributed by atoms with Crippen LogP contribution in [-0.2, 0) is 33.4 Å². The summed E-state index contributed by atoms with van der Waals surface area (Å²) >= 11 is 0. The summed E-state index contributed by atoms with van der Waals surface area (Å²) in [5.41, 5.74) is 6.69. The van der Waals surface area contributed by atoms with Crippen LogP contribution in [0.4, 0.5) is 0 Å². The van der Waals surface area contributed by atoms with Crippen LogP contribution < -0.4 is 0 Å². The molecular weight excluding hydrogens is 641 g/mol. The lowest BCUT2D eigenvalue weighted by Gasteiger charge is -2.69. The van der Waals surface area contributed by atoms with Crippen molar-refractivity contribution in [1.82, 2.24) is 19.6 Å². The van der Waals surface area contributed by atoms with Gasteiger partial charge in [0.15, 0.2) is 0 Å². The number of hydrogen-bond donors (Lipinski definition) is 0. The van der Waals surface area contributed by atoms with Gasteiger partial charge in [-0.3, -0.25) is 19.6 Å². The van der Waals surface area contributed by atoms with Crippen molar-refractivity contribution in [3.63, 3.8) is 0 Å². The van der Waals surface area contributed by atoms with Crippen LogP contribution in [0.25, 0.3) is 0 Å². The van der Waals surface area contributed by atoms with Gasteiger partial charge < -0.3 is 9.47 Å². The molecule has 8 rings (SSSR count). The van der Waals surface area contributed by atoms with Crippen LogP contribution in [0.2, 0.25) is 0 Å². The van der Waals surface area contributed by atoms with E-state index < -0.39 is 0 Å². The highest BCUT2D eigenvalue weighted by atomic mass is 16.5. The predicted octanol–water partition coefficient (Wildman–Crippen LogP) is 7.58. The summed E-state index contributed by atoms with van der Waals surface area (Å²) in [5.74, 6) is 0. The fourth-order valence-electron chi connectivity index (χ4n) is 13.2. The van der Waals surface area contributed by atoms with Crippen molar-refractivity contribution >= 4 is 0 Å². The summed E-state index contributed by atoms with van der Waals surface area (Å²) in [6, 6.07) is 21.5. The summed E-state index contributed by atoms with van der Waals surface area (Å²) < 4.78 is 12.0. The first-order chi connectivity index (χ1) is 24.5. The van der Waals surface area contributed by atoms with Gasteiger partial charge in [-0.1, -0.05) is 118 Å². The van der Waals surface area contributed by atoms with Gasteiger partial charge in [-0.2, -0.15) is 0 Å². The normalized spacial score (nSPS) is 35.0. The maximum Gasteiger partial charge on any atom is 0.0594 e. The zero-order valence-corrected chi connectivity index (χ0v) is 34.4. The smallest absolute Gasteiger partial charge is 0.0594 e. The van der Waals surface area contributed by atoms with Crippen molar-refractivity contribution < 1.29 is 9.47 Å². The Hall–Kier alpha value is -1.80. The van der Waals surface area contributed by atoms with E-state index in [0.717, 1.165) is 65.7 Å². The van der Waals surface area contributed by atoms with E-state index in [2.05, 4.69) is 137 Å². The molecule has 6 fully saturated rings. The molecule has 2 saturated carbocycles. The van der Waals surface area contributed by atoms with E-state index in [1.165, 1.54) is 48.2 Å². The molecule has 4 aliphatic heterocycles. The quantitative estimate of drug-likeness (QED) is 0.281. The van der Waals surface area contributed by atoms with E-state index in [-0.39, 0.29) is 32.5 Å². The molecule has 2 aromatic rings. The minimum atomic E-state index is 0.124. The van der Waals surface area contributed by atoms with Crippen LogP contribution in [-0.4, -0.2) is 109 Å². The Bertz CT molecular complexity index is 1460. The van der Waals surface area contributed by atoms with Crippen molar-refractivity contribution in [2.75, 3.05) is 65.7 Å². The second-order valence-corrected chi connectivity index (χ2v) is 20.9. The fraction of sp³-hybridized carbons (Fsp3) is 0.739. The van der Waals surface area contributed by atoms with Gasteiger partial charge >= 0.3 is 0 Å². The molecule has 0 radical (unpaired) electrons. The van der Waals surface area contributed by atoms with Crippen molar-refractivity contribution in [2.45, 2.75) is 130 Å². The number of fused-ring (bicyclic) bond motifs is 2. The van der Waals surface area contributed by atoms with Crippen molar-refractivity contribution in [3.8, 4) is 0 Å². The third kappa shape index (κ3) is 5.54. The van der Waals surface area contributed by atoms with Crippen molar-refractivity contribution in [3.05, 3.63) is 70.8 Å². The van der Waals surface area contributed by atoms with Crippen LogP contribution in [0.1, 0.15) is 104 Å². The monoisotopic (exact) mass is 711 g/mol. The summed E-state index contributed by atoms with van der Waals surface area (Å²) in [7, 11) is 0. The van der Waals surface area contributed by atoms with Gasteiger partial charge in [0.05, 0.1) is 26.4 Å². The molecule has 286 valence electrons. The van der Waals surface area contributed by atoms with Crippen molar-refractivity contribution in [2.24, 2.45) is 21.7 Å². The number of ether oxygens (including phenoxy) is 2. The Kier molecular flexibility index (Phi) is 9.20. The molecule has 6 aliphatic rings. The number of morpholine rings is 2. The number of likely N-dealkylation sites (tertiary alicyclic amines) is 2.